The van der Waals surface area contributed by atoms with Gasteiger partial charge < -0.3 is 4.74 Å². The normalized spacial score (nSPS) is 8.89. The van der Waals surface area contributed by atoms with Gasteiger partial charge in [-0.25, -0.2) is 0 Å². The van der Waals surface area contributed by atoms with Crippen LogP contribution >= 0.6 is 0 Å². The highest BCUT2D eigenvalue weighted by atomic mass is 16.5. The Morgan fingerprint density at radius 1 is 1.89 bits per heavy atom. The van der Waals surface area contributed by atoms with Gasteiger partial charge in [-0.1, -0.05) is 6.08 Å². The largest absolute Gasteiger partial charge is 0.434 e. The monoisotopic (exact) mass is 125 g/mol. The Morgan fingerprint density at radius 3 is 3.00 bits per heavy atom. The van der Waals surface area contributed by atoms with Crippen LogP contribution < -0.4 is 0 Å². The van der Waals surface area contributed by atoms with E-state index in [2.05, 4.69) is 4.74 Å². The van der Waals surface area contributed by atoms with E-state index in [1.807, 2.05) is 0 Å². The summed E-state index contributed by atoms with van der Waals surface area (Å²) < 4.78 is 4.39. The summed E-state index contributed by atoms with van der Waals surface area (Å²) in [6.45, 7) is 1.72. The first-order chi connectivity index (χ1) is 4.31. The first-order valence-corrected chi connectivity index (χ1v) is 2.49. The van der Waals surface area contributed by atoms with Crippen molar-refractivity contribution in [1.29, 1.82) is 5.26 Å². The van der Waals surface area contributed by atoms with Gasteiger partial charge in [0.1, 0.15) is 6.42 Å². The first kappa shape index (κ1) is 7.70. The zero-order chi connectivity index (χ0) is 7.11. The molecule has 0 heterocycles. The molecule has 0 aromatic carbocycles. The fourth-order valence-electron chi connectivity index (χ4n) is 0.250. The van der Waals surface area contributed by atoms with Crippen LogP contribution in [0, 0.1) is 11.3 Å². The van der Waals surface area contributed by atoms with E-state index in [0.717, 1.165) is 0 Å². The van der Waals surface area contributed by atoms with Gasteiger partial charge in [-0.3, -0.25) is 4.79 Å². The predicted octanol–water partition coefficient (Wildman–Crippen LogP) is 0.977. The Morgan fingerprint density at radius 2 is 2.56 bits per heavy atom. The molecule has 0 N–H and O–H groups in total. The Hall–Kier alpha value is -1.30. The van der Waals surface area contributed by atoms with Crippen LogP contribution in [0.5, 0.6) is 0 Å². The van der Waals surface area contributed by atoms with E-state index in [1.165, 1.54) is 6.26 Å². The number of allylic oxidation sites excluding steroid dienone is 1. The summed E-state index contributed by atoms with van der Waals surface area (Å²) in [5, 5.41) is 7.96. The van der Waals surface area contributed by atoms with Crippen LogP contribution in [0.4, 0.5) is 0 Å². The van der Waals surface area contributed by atoms with E-state index in [1.54, 1.807) is 19.1 Å². The summed E-state index contributed by atoms with van der Waals surface area (Å²) >= 11 is 0. The van der Waals surface area contributed by atoms with Crippen LogP contribution in [0.15, 0.2) is 12.3 Å². The third-order valence-corrected chi connectivity index (χ3v) is 0.559. The molecular weight excluding hydrogens is 118 g/mol. The van der Waals surface area contributed by atoms with Crippen LogP contribution in [0.2, 0.25) is 0 Å². The molecule has 0 rings (SSSR count). The van der Waals surface area contributed by atoms with E-state index in [4.69, 9.17) is 5.26 Å². The van der Waals surface area contributed by atoms with Gasteiger partial charge in [0.05, 0.1) is 12.3 Å². The molecule has 0 fully saturated rings. The summed E-state index contributed by atoms with van der Waals surface area (Å²) in [5.74, 6) is -0.518. The van der Waals surface area contributed by atoms with Crippen LogP contribution in [-0.2, 0) is 9.53 Å². The second-order valence-electron chi connectivity index (χ2n) is 1.29. The molecule has 9 heavy (non-hydrogen) atoms. The molecule has 0 atom stereocenters. The van der Waals surface area contributed by atoms with Crippen LogP contribution in [0.25, 0.3) is 0 Å². The lowest BCUT2D eigenvalue weighted by Gasteiger charge is -1.88. The molecule has 3 nitrogen and oxygen atoms in total. The van der Waals surface area contributed by atoms with E-state index < -0.39 is 5.97 Å². The molecule has 0 aliphatic carbocycles. The zero-order valence-corrected chi connectivity index (χ0v) is 5.13. The second kappa shape index (κ2) is 4.85. The maximum atomic E-state index is 10.3. The molecule has 0 aromatic heterocycles. The lowest BCUT2D eigenvalue weighted by Crippen LogP contribution is -1.95. The molecular formula is C6H7NO2. The maximum absolute atomic E-state index is 10.3. The van der Waals surface area contributed by atoms with Crippen LogP contribution in [0.1, 0.15) is 13.3 Å². The molecule has 0 amide bonds. The van der Waals surface area contributed by atoms with E-state index >= 15 is 0 Å². The molecule has 0 unspecified atom stereocenters. The molecule has 0 spiro atoms. The lowest BCUT2D eigenvalue weighted by atomic mass is 10.5. The van der Waals surface area contributed by atoms with Gasteiger partial charge in [0.25, 0.3) is 0 Å². The quantitative estimate of drug-likeness (QED) is 0.408. The highest BCUT2D eigenvalue weighted by Gasteiger charge is 1.95. The SMILES string of the molecule is CC=COC(=O)CC#N. The molecule has 0 aromatic rings. The Kier molecular flexibility index (Phi) is 4.15. The number of hydrogen-bond donors (Lipinski definition) is 0. The Labute approximate surface area is 53.5 Å². The van der Waals surface area contributed by atoms with Crippen LogP contribution in [-0.4, -0.2) is 5.97 Å². The standard InChI is InChI=1S/C6H7NO2/c1-2-5-9-6(8)3-4-7/h2,5H,3H2,1H3. The smallest absolute Gasteiger partial charge is 0.324 e. The molecule has 0 bridgehead atoms. The molecule has 48 valence electrons. The Bertz CT molecular complexity index is 155. The molecule has 0 saturated heterocycles. The van der Waals surface area contributed by atoms with Gasteiger partial charge >= 0.3 is 5.97 Å². The lowest BCUT2D eigenvalue weighted by molar-refractivity contribution is -0.136. The van der Waals surface area contributed by atoms with Gasteiger partial charge in [0.2, 0.25) is 0 Å². The minimum Gasteiger partial charge on any atom is -0.434 e. The summed E-state index contributed by atoms with van der Waals surface area (Å²) in [6.07, 6.45) is 2.64. The Balaban J connectivity index is 3.42. The van der Waals surface area contributed by atoms with Gasteiger partial charge in [0, 0.05) is 0 Å². The third kappa shape index (κ3) is 4.56. The van der Waals surface area contributed by atoms with Gasteiger partial charge in [0.15, 0.2) is 0 Å². The number of nitrogens with zero attached hydrogens (tertiary/aromatic N) is 1. The summed E-state index contributed by atoms with van der Waals surface area (Å²) in [4.78, 5) is 10.3. The van der Waals surface area contributed by atoms with Crippen molar-refractivity contribution in [2.24, 2.45) is 0 Å². The average molecular weight is 125 g/mol. The van der Waals surface area contributed by atoms with Crippen molar-refractivity contribution in [3.63, 3.8) is 0 Å². The van der Waals surface area contributed by atoms with E-state index in [0.29, 0.717) is 0 Å². The average Bonchev–Trinajstić information content (AvgIpc) is 1.85. The molecule has 0 radical (unpaired) electrons. The van der Waals surface area contributed by atoms with Crippen molar-refractivity contribution in [2.75, 3.05) is 0 Å². The number of carbonyl (C=O) groups excluding carboxylic acids is 1. The maximum Gasteiger partial charge on any atom is 0.324 e. The van der Waals surface area contributed by atoms with Crippen LogP contribution in [0.3, 0.4) is 0 Å². The van der Waals surface area contributed by atoms with E-state index in [-0.39, 0.29) is 6.42 Å². The third-order valence-electron chi connectivity index (χ3n) is 0.559. The van der Waals surface area contributed by atoms with Crippen molar-refractivity contribution in [3.8, 4) is 6.07 Å². The van der Waals surface area contributed by atoms with Gasteiger partial charge in [-0.05, 0) is 6.92 Å². The first-order valence-electron chi connectivity index (χ1n) is 2.49. The van der Waals surface area contributed by atoms with Crippen molar-refractivity contribution in [1.82, 2.24) is 0 Å². The number of carbonyl (C=O) groups is 1. The number of hydrogen-bond acceptors (Lipinski definition) is 3. The minimum absolute atomic E-state index is 0.190. The predicted molar refractivity (Wildman–Crippen MR) is 31.1 cm³/mol. The topological polar surface area (TPSA) is 50.1 Å². The number of rotatable bonds is 2. The molecule has 3 heteroatoms. The highest BCUT2D eigenvalue weighted by molar-refractivity contribution is 5.72. The molecule has 0 aliphatic rings. The summed E-state index contributed by atoms with van der Waals surface area (Å²) in [5.41, 5.74) is 0. The summed E-state index contributed by atoms with van der Waals surface area (Å²) in [7, 11) is 0. The number of ether oxygens (including phenoxy) is 1. The fourth-order valence-corrected chi connectivity index (χ4v) is 0.250. The second-order valence-corrected chi connectivity index (χ2v) is 1.29. The number of esters is 1. The molecule has 0 aliphatic heterocycles. The number of nitriles is 1. The minimum atomic E-state index is -0.518. The van der Waals surface area contributed by atoms with Crippen molar-refractivity contribution >= 4 is 5.97 Å². The zero-order valence-electron chi connectivity index (χ0n) is 5.13. The van der Waals surface area contributed by atoms with E-state index in [9.17, 15) is 4.79 Å². The van der Waals surface area contributed by atoms with Crippen molar-refractivity contribution in [2.45, 2.75) is 13.3 Å². The molecule has 0 saturated carbocycles. The van der Waals surface area contributed by atoms with Gasteiger partial charge in [-0.15, -0.1) is 0 Å². The summed E-state index contributed by atoms with van der Waals surface area (Å²) in [6, 6.07) is 1.67. The fraction of sp³-hybridized carbons (Fsp3) is 0.333. The van der Waals surface area contributed by atoms with Crippen molar-refractivity contribution < 1.29 is 9.53 Å². The van der Waals surface area contributed by atoms with Gasteiger partial charge in [-0.2, -0.15) is 5.26 Å². The highest BCUT2D eigenvalue weighted by Crippen LogP contribution is 1.84. The van der Waals surface area contributed by atoms with Crippen molar-refractivity contribution in [3.05, 3.63) is 12.3 Å².